The van der Waals surface area contributed by atoms with Gasteiger partial charge in [-0.15, -0.1) is 0 Å². The molecule has 0 radical (unpaired) electrons. The van der Waals surface area contributed by atoms with Crippen LogP contribution < -0.4 is 5.32 Å². The number of alkyl halides is 3. The van der Waals surface area contributed by atoms with Gasteiger partial charge in [0.2, 0.25) is 11.8 Å². The number of amides is 2. The van der Waals surface area contributed by atoms with E-state index in [0.29, 0.717) is 25.3 Å². The molecule has 0 aliphatic carbocycles. The summed E-state index contributed by atoms with van der Waals surface area (Å²) in [6.07, 6.45) is 1.79. The van der Waals surface area contributed by atoms with E-state index in [9.17, 15) is 27.6 Å². The first kappa shape index (κ1) is 37.1. The quantitative estimate of drug-likeness (QED) is 0.153. The Morgan fingerprint density at radius 1 is 1.02 bits per heavy atom. The van der Waals surface area contributed by atoms with E-state index in [1.165, 1.54) is 19.2 Å². The number of carbonyl (C=O) groups excluding carboxylic acids is 3. The lowest BCUT2D eigenvalue weighted by Gasteiger charge is -2.51. The van der Waals surface area contributed by atoms with Gasteiger partial charge in [-0.25, -0.2) is 0 Å². The lowest BCUT2D eigenvalue weighted by atomic mass is 9.66. The molecule has 2 aliphatic rings. The van der Waals surface area contributed by atoms with Crippen molar-refractivity contribution in [3.8, 4) is 0 Å². The summed E-state index contributed by atoms with van der Waals surface area (Å²) >= 11 is 0. The van der Waals surface area contributed by atoms with Crippen molar-refractivity contribution in [1.82, 2.24) is 10.2 Å². The van der Waals surface area contributed by atoms with E-state index >= 15 is 0 Å². The van der Waals surface area contributed by atoms with Crippen molar-refractivity contribution in [2.24, 2.45) is 11.3 Å². The fourth-order valence-corrected chi connectivity index (χ4v) is 6.65. The Kier molecular flexibility index (Phi) is 13.2. The minimum atomic E-state index is -4.51. The van der Waals surface area contributed by atoms with Crippen molar-refractivity contribution in [2.45, 2.75) is 96.7 Å². The third-order valence-electron chi connectivity index (χ3n) is 9.20. The Hall–Kier alpha value is -3.70. The normalized spacial score (nSPS) is 22.5. The lowest BCUT2D eigenvalue weighted by molar-refractivity contribution is -0.178. The fourth-order valence-electron chi connectivity index (χ4n) is 6.65. The van der Waals surface area contributed by atoms with Gasteiger partial charge in [0, 0.05) is 31.1 Å². The molecule has 0 bridgehead atoms. The van der Waals surface area contributed by atoms with Crippen molar-refractivity contribution in [1.29, 1.82) is 0 Å². The number of ether oxygens (including phenoxy) is 3. The average Bonchev–Trinajstić information content (AvgIpc) is 3.07. The largest absolute Gasteiger partial charge is 0.468 e. The molecular weight excluding hydrogens is 625 g/mol. The molecule has 1 fully saturated rings. The molecule has 1 saturated heterocycles. The molecule has 2 aromatic carbocycles. The molecule has 2 heterocycles. The Morgan fingerprint density at radius 3 is 2.44 bits per heavy atom. The van der Waals surface area contributed by atoms with Gasteiger partial charge in [-0.05, 0) is 49.1 Å². The van der Waals surface area contributed by atoms with Crippen LogP contribution in [0.1, 0.15) is 81.9 Å². The monoisotopic (exact) mass is 672 g/mol. The van der Waals surface area contributed by atoms with Crippen LogP contribution in [0.25, 0.3) is 0 Å². The molecule has 2 amide bonds. The fraction of sp³-hybridized carbons (Fsp3) is 0.541. The summed E-state index contributed by atoms with van der Waals surface area (Å²) in [7, 11) is 1.29. The van der Waals surface area contributed by atoms with Crippen molar-refractivity contribution in [3.05, 3.63) is 83.1 Å². The highest BCUT2D eigenvalue weighted by molar-refractivity contribution is 5.92. The van der Waals surface area contributed by atoms with Gasteiger partial charge < -0.3 is 24.4 Å². The van der Waals surface area contributed by atoms with E-state index in [1.54, 1.807) is 17.9 Å². The standard InChI is InChI=1S/C37H47F3N2O6/c1-4-5-6-7-8-12-18-42-32-21-31(25-47-24-27-14-10-9-11-15-27)48-26(2)36(32,35(45)46-3)22-29(34(42)44)20-33(43)41-23-28-16-13-17-30(19-28)37(38,39)40/h9-11,13-17,19,21,26,29,31H,4-8,12,18,20,22-25H2,1-3H3,(H,41,43)/t26-,29+,31-,36+/m1/s1. The molecule has 4 atom stereocenters. The Morgan fingerprint density at radius 2 is 1.73 bits per heavy atom. The molecule has 11 heteroatoms. The third-order valence-corrected chi connectivity index (χ3v) is 9.20. The zero-order valence-corrected chi connectivity index (χ0v) is 28.0. The number of methoxy groups -OCH3 is 1. The number of nitrogens with one attached hydrogen (secondary N) is 1. The predicted molar refractivity (Wildman–Crippen MR) is 174 cm³/mol. The summed E-state index contributed by atoms with van der Waals surface area (Å²) < 4.78 is 57.2. The van der Waals surface area contributed by atoms with Gasteiger partial charge >= 0.3 is 12.1 Å². The summed E-state index contributed by atoms with van der Waals surface area (Å²) in [4.78, 5) is 42.6. The number of fused-ring (bicyclic) bond motifs is 1. The van der Waals surface area contributed by atoms with E-state index in [2.05, 4.69) is 12.2 Å². The highest BCUT2D eigenvalue weighted by atomic mass is 19.4. The second kappa shape index (κ2) is 17.1. The minimum absolute atomic E-state index is 0.00687. The van der Waals surface area contributed by atoms with Crippen LogP contribution in [0, 0.1) is 11.3 Å². The number of piperidine rings is 1. The Bertz CT molecular complexity index is 1420. The van der Waals surface area contributed by atoms with E-state index < -0.39 is 47.2 Å². The third kappa shape index (κ3) is 9.25. The van der Waals surface area contributed by atoms with Crippen molar-refractivity contribution < 1.29 is 41.8 Å². The number of nitrogens with zero attached hydrogens (tertiary/aromatic N) is 1. The van der Waals surface area contributed by atoms with Crippen molar-refractivity contribution >= 4 is 17.8 Å². The van der Waals surface area contributed by atoms with E-state index in [1.807, 2.05) is 30.3 Å². The number of benzene rings is 2. The second-order valence-corrected chi connectivity index (χ2v) is 12.7. The second-order valence-electron chi connectivity index (χ2n) is 12.7. The summed E-state index contributed by atoms with van der Waals surface area (Å²) in [5, 5.41) is 2.66. The van der Waals surface area contributed by atoms with Crippen LogP contribution in [0.15, 0.2) is 66.4 Å². The zero-order valence-electron chi connectivity index (χ0n) is 28.0. The Labute approximate surface area is 281 Å². The van der Waals surface area contributed by atoms with Gasteiger partial charge in [0.15, 0.2) is 0 Å². The SMILES string of the molecule is CCCCCCCCN1C(=O)[C@@H](CC(=O)NCc2cccc(C(F)(F)F)c2)C[C@@]2(C(=O)OC)C1=C[C@H](COCc1ccccc1)O[C@@H]2C. The van der Waals surface area contributed by atoms with Crippen molar-refractivity contribution in [3.63, 3.8) is 0 Å². The molecule has 0 aromatic heterocycles. The van der Waals surface area contributed by atoms with Crippen LogP contribution in [0.2, 0.25) is 0 Å². The van der Waals surface area contributed by atoms with Gasteiger partial charge in [0.25, 0.3) is 0 Å². The van der Waals surface area contributed by atoms with Crippen molar-refractivity contribution in [2.75, 3.05) is 20.3 Å². The molecule has 1 N–H and O–H groups in total. The van der Waals surface area contributed by atoms with Crippen LogP contribution in [-0.4, -0.2) is 55.2 Å². The number of carbonyl (C=O) groups is 3. The number of halogens is 3. The summed E-state index contributed by atoms with van der Waals surface area (Å²) in [5.41, 5.74) is -0.349. The maximum Gasteiger partial charge on any atom is 0.416 e. The van der Waals surface area contributed by atoms with Crippen LogP contribution in [0.4, 0.5) is 13.2 Å². The smallest absolute Gasteiger partial charge is 0.416 e. The molecule has 0 spiro atoms. The maximum atomic E-state index is 14.1. The molecule has 0 saturated carbocycles. The number of esters is 1. The van der Waals surface area contributed by atoms with Crippen LogP contribution in [-0.2, 0) is 47.9 Å². The highest BCUT2D eigenvalue weighted by Crippen LogP contribution is 2.50. The zero-order chi connectivity index (χ0) is 34.7. The number of rotatable bonds is 16. The molecule has 4 rings (SSSR count). The van der Waals surface area contributed by atoms with E-state index in [0.717, 1.165) is 49.8 Å². The average molecular weight is 673 g/mol. The number of hydrogen-bond acceptors (Lipinski definition) is 6. The first-order chi connectivity index (χ1) is 23.0. The van der Waals surface area contributed by atoms with E-state index in [-0.39, 0.29) is 37.5 Å². The van der Waals surface area contributed by atoms with Gasteiger partial charge in [-0.3, -0.25) is 14.4 Å². The first-order valence-electron chi connectivity index (χ1n) is 16.8. The maximum absolute atomic E-state index is 14.1. The van der Waals surface area contributed by atoms with Gasteiger partial charge in [-0.1, -0.05) is 81.5 Å². The first-order valence-corrected chi connectivity index (χ1v) is 16.8. The summed E-state index contributed by atoms with van der Waals surface area (Å²) in [6, 6.07) is 14.4. The lowest BCUT2D eigenvalue weighted by Crippen LogP contribution is -2.60. The molecule has 8 nitrogen and oxygen atoms in total. The molecule has 48 heavy (non-hydrogen) atoms. The number of unbranched alkanes of at least 4 members (excludes halogenated alkanes) is 5. The highest BCUT2D eigenvalue weighted by Gasteiger charge is 2.59. The predicted octanol–water partition coefficient (Wildman–Crippen LogP) is 6.97. The topological polar surface area (TPSA) is 94.2 Å². The molecule has 262 valence electrons. The van der Waals surface area contributed by atoms with Crippen LogP contribution >= 0.6 is 0 Å². The summed E-state index contributed by atoms with van der Waals surface area (Å²) in [6.45, 7) is 4.73. The van der Waals surface area contributed by atoms with Gasteiger partial charge in [-0.2, -0.15) is 13.2 Å². The van der Waals surface area contributed by atoms with Gasteiger partial charge in [0.1, 0.15) is 11.5 Å². The summed E-state index contributed by atoms with van der Waals surface area (Å²) in [5.74, 6) is -2.21. The number of hydrogen-bond donors (Lipinski definition) is 1. The molecule has 2 aliphatic heterocycles. The minimum Gasteiger partial charge on any atom is -0.468 e. The Balaban J connectivity index is 1.54. The van der Waals surface area contributed by atoms with E-state index in [4.69, 9.17) is 14.2 Å². The molecule has 2 aromatic rings. The van der Waals surface area contributed by atoms with Gasteiger partial charge in [0.05, 0.1) is 32.0 Å². The van der Waals surface area contributed by atoms with Crippen LogP contribution in [0.3, 0.4) is 0 Å². The molecular formula is C37H47F3N2O6. The number of likely N-dealkylation sites (tertiary alicyclic amines) is 1. The van der Waals surface area contributed by atoms with Crippen LogP contribution in [0.5, 0.6) is 0 Å². The molecule has 0 unspecified atom stereocenters.